The molecular formula is C19H14F4N4O2S. The summed E-state index contributed by atoms with van der Waals surface area (Å²) in [4.78, 5) is 2.84. The summed E-state index contributed by atoms with van der Waals surface area (Å²) in [5.74, 6) is -0.366. The van der Waals surface area contributed by atoms with Gasteiger partial charge in [-0.3, -0.25) is 10.3 Å². The lowest BCUT2D eigenvalue weighted by molar-refractivity contribution is -0.141. The zero-order valence-corrected chi connectivity index (χ0v) is 16.2. The number of fused-ring (bicyclic) bond motifs is 7. The molecule has 6 nitrogen and oxygen atoms in total. The molecule has 2 aliphatic rings. The molecule has 3 aromatic rings. The van der Waals surface area contributed by atoms with Gasteiger partial charge in [-0.1, -0.05) is 0 Å². The number of rotatable bonds is 2. The Morgan fingerprint density at radius 3 is 2.60 bits per heavy atom. The number of pyridine rings is 1. The molecule has 0 fully saturated rings. The Bertz CT molecular complexity index is 1280. The molecule has 4 heterocycles. The van der Waals surface area contributed by atoms with Crippen molar-refractivity contribution < 1.29 is 26.0 Å². The average Bonchev–Trinajstić information content (AvgIpc) is 3.23. The molecule has 1 aromatic carbocycles. The van der Waals surface area contributed by atoms with Crippen molar-refractivity contribution >= 4 is 10.0 Å². The number of hydrogen-bond acceptors (Lipinski definition) is 5. The molecular weight excluding hydrogens is 424 g/mol. The van der Waals surface area contributed by atoms with E-state index in [2.05, 4.69) is 15.4 Å². The minimum absolute atomic E-state index is 0.245. The van der Waals surface area contributed by atoms with Crippen LogP contribution in [0.3, 0.4) is 0 Å². The lowest BCUT2D eigenvalue weighted by Crippen LogP contribution is -2.29. The van der Waals surface area contributed by atoms with Gasteiger partial charge in [0, 0.05) is 24.2 Å². The molecule has 156 valence electrons. The van der Waals surface area contributed by atoms with Crippen LogP contribution < -0.4 is 5.32 Å². The summed E-state index contributed by atoms with van der Waals surface area (Å²) in [5, 5.41) is 7.38. The predicted molar refractivity (Wildman–Crippen MR) is 96.6 cm³/mol. The molecule has 0 saturated carbocycles. The lowest BCUT2D eigenvalue weighted by Gasteiger charge is -2.23. The van der Waals surface area contributed by atoms with E-state index in [1.54, 1.807) is 6.92 Å². The van der Waals surface area contributed by atoms with E-state index in [1.807, 2.05) is 0 Å². The number of benzene rings is 1. The minimum atomic E-state index is -4.67. The highest BCUT2D eigenvalue weighted by Gasteiger charge is 2.42. The van der Waals surface area contributed by atoms with Crippen molar-refractivity contribution in [1.29, 1.82) is 0 Å². The lowest BCUT2D eigenvalue weighted by atomic mass is 9.96. The molecule has 0 saturated heterocycles. The second-order valence-electron chi connectivity index (χ2n) is 7.35. The predicted octanol–water partition coefficient (Wildman–Crippen LogP) is 3.27. The van der Waals surface area contributed by atoms with Crippen molar-refractivity contribution in [2.45, 2.75) is 36.5 Å². The molecule has 2 atom stereocenters. The summed E-state index contributed by atoms with van der Waals surface area (Å²) in [5.41, 5.74) is 2.30. The number of nitrogens with one attached hydrogen (secondary N) is 1. The summed E-state index contributed by atoms with van der Waals surface area (Å²) in [7, 11) is -4.25. The molecule has 2 aromatic heterocycles. The maximum Gasteiger partial charge on any atom is 0.433 e. The summed E-state index contributed by atoms with van der Waals surface area (Å²) in [6, 6.07) is 3.74. The molecule has 5 rings (SSSR count). The third kappa shape index (κ3) is 2.68. The van der Waals surface area contributed by atoms with E-state index in [0.717, 1.165) is 26.8 Å². The second-order valence-corrected chi connectivity index (χ2v) is 9.12. The maximum atomic E-state index is 13.9. The van der Waals surface area contributed by atoms with Crippen LogP contribution in [0.4, 0.5) is 17.6 Å². The van der Waals surface area contributed by atoms with Crippen LogP contribution in [0.2, 0.25) is 0 Å². The highest BCUT2D eigenvalue weighted by Crippen LogP contribution is 2.46. The van der Waals surface area contributed by atoms with E-state index in [-0.39, 0.29) is 24.3 Å². The molecule has 0 amide bonds. The first-order valence-corrected chi connectivity index (χ1v) is 10.4. The standard InChI is InChI=1S/C19H14F4N4O2S/c1-9-4-10(20)5-12-14-6-15-13(18(26-14)17(9)12)8-25-27(15)30(28,29)11-2-3-16(24-7-11)19(21,22)23/h2-5,7-8,14,18,26H,6H2,1H3. The molecule has 2 bridgehead atoms. The van der Waals surface area contributed by atoms with Gasteiger partial charge in [-0.25, -0.2) is 4.39 Å². The quantitative estimate of drug-likeness (QED) is 0.622. The Labute approximate surface area is 168 Å². The van der Waals surface area contributed by atoms with E-state index in [0.29, 0.717) is 23.5 Å². The number of aromatic nitrogens is 3. The van der Waals surface area contributed by atoms with Gasteiger partial charge in [0.05, 0.1) is 17.9 Å². The van der Waals surface area contributed by atoms with Gasteiger partial charge in [0.2, 0.25) is 0 Å². The van der Waals surface area contributed by atoms with Crippen LogP contribution in [0.5, 0.6) is 0 Å². The fourth-order valence-electron chi connectivity index (χ4n) is 4.26. The maximum absolute atomic E-state index is 13.9. The third-order valence-corrected chi connectivity index (χ3v) is 7.15. The number of aryl methyl sites for hydroxylation is 1. The zero-order chi connectivity index (χ0) is 21.4. The van der Waals surface area contributed by atoms with E-state index < -0.39 is 26.8 Å². The molecule has 2 aliphatic heterocycles. The van der Waals surface area contributed by atoms with Crippen LogP contribution in [-0.4, -0.2) is 22.6 Å². The SMILES string of the molecule is Cc1cc(F)cc2c1C1NC2Cc2c1cnn2S(=O)(=O)c1ccc(C(F)(F)F)nc1. The van der Waals surface area contributed by atoms with E-state index in [4.69, 9.17) is 0 Å². The van der Waals surface area contributed by atoms with Crippen LogP contribution in [-0.2, 0) is 22.6 Å². The minimum Gasteiger partial charge on any atom is -0.299 e. The molecule has 0 spiro atoms. The van der Waals surface area contributed by atoms with Crippen LogP contribution in [0.15, 0.2) is 41.6 Å². The number of alkyl halides is 3. The van der Waals surface area contributed by atoms with E-state index >= 15 is 0 Å². The summed E-state index contributed by atoms with van der Waals surface area (Å²) < 4.78 is 79.1. The van der Waals surface area contributed by atoms with Crippen molar-refractivity contribution in [3.8, 4) is 0 Å². The van der Waals surface area contributed by atoms with Gasteiger partial charge >= 0.3 is 6.18 Å². The van der Waals surface area contributed by atoms with Gasteiger partial charge in [0.15, 0.2) is 0 Å². The van der Waals surface area contributed by atoms with Gasteiger partial charge in [-0.05, 0) is 47.9 Å². The number of halogens is 4. The molecule has 11 heteroatoms. The van der Waals surface area contributed by atoms with Gasteiger partial charge in [-0.15, -0.1) is 0 Å². The van der Waals surface area contributed by atoms with Crippen LogP contribution in [0.25, 0.3) is 0 Å². The van der Waals surface area contributed by atoms with Crippen LogP contribution >= 0.6 is 0 Å². The van der Waals surface area contributed by atoms with Gasteiger partial charge in [0.1, 0.15) is 16.4 Å². The van der Waals surface area contributed by atoms with E-state index in [9.17, 15) is 26.0 Å². The Balaban J connectivity index is 1.58. The van der Waals surface area contributed by atoms with Crippen molar-refractivity contribution in [3.05, 3.63) is 76.1 Å². The van der Waals surface area contributed by atoms with Gasteiger partial charge in [-0.2, -0.15) is 30.8 Å². The normalized spacial score (nSPS) is 20.2. The average molecular weight is 438 g/mol. The van der Waals surface area contributed by atoms with Gasteiger partial charge in [0.25, 0.3) is 10.0 Å². The Morgan fingerprint density at radius 1 is 1.17 bits per heavy atom. The number of hydrogen-bond donors (Lipinski definition) is 1. The second kappa shape index (κ2) is 6.11. The monoisotopic (exact) mass is 438 g/mol. The Kier molecular flexibility index (Phi) is 3.91. The van der Waals surface area contributed by atoms with Crippen LogP contribution in [0.1, 0.15) is 45.7 Å². The molecule has 0 aliphatic carbocycles. The van der Waals surface area contributed by atoms with Crippen molar-refractivity contribution in [2.75, 3.05) is 0 Å². The molecule has 2 unspecified atom stereocenters. The zero-order valence-electron chi connectivity index (χ0n) is 15.4. The van der Waals surface area contributed by atoms with Gasteiger partial charge < -0.3 is 0 Å². The fourth-order valence-corrected chi connectivity index (χ4v) is 5.53. The Hall–Kier alpha value is -2.79. The topological polar surface area (TPSA) is 76.9 Å². The highest BCUT2D eigenvalue weighted by molar-refractivity contribution is 7.89. The van der Waals surface area contributed by atoms with Crippen LogP contribution in [0, 0.1) is 12.7 Å². The number of nitrogens with zero attached hydrogens (tertiary/aromatic N) is 3. The molecule has 30 heavy (non-hydrogen) atoms. The largest absolute Gasteiger partial charge is 0.433 e. The first-order valence-electron chi connectivity index (χ1n) is 8.99. The third-order valence-electron chi connectivity index (χ3n) is 5.54. The molecule has 1 N–H and O–H groups in total. The summed E-state index contributed by atoms with van der Waals surface area (Å²) in [6.07, 6.45) is -2.32. The highest BCUT2D eigenvalue weighted by atomic mass is 32.2. The van der Waals surface area contributed by atoms with E-state index in [1.165, 1.54) is 18.3 Å². The first kappa shape index (κ1) is 19.2. The van der Waals surface area contributed by atoms with Crippen molar-refractivity contribution in [1.82, 2.24) is 19.5 Å². The summed E-state index contributed by atoms with van der Waals surface area (Å²) in [6.45, 7) is 1.79. The van der Waals surface area contributed by atoms with Crippen molar-refractivity contribution in [3.63, 3.8) is 0 Å². The van der Waals surface area contributed by atoms with Crippen molar-refractivity contribution in [2.24, 2.45) is 0 Å². The smallest absolute Gasteiger partial charge is 0.299 e. The first-order chi connectivity index (χ1) is 14.1. The summed E-state index contributed by atoms with van der Waals surface area (Å²) >= 11 is 0. The molecule has 0 radical (unpaired) electrons. The fraction of sp³-hybridized carbons (Fsp3) is 0.263. The Morgan fingerprint density at radius 2 is 1.93 bits per heavy atom.